The maximum absolute atomic E-state index is 12.7. The quantitative estimate of drug-likeness (QED) is 0.817. The lowest BCUT2D eigenvalue weighted by Crippen LogP contribution is -2.48. The Balaban J connectivity index is 1.80. The molecule has 2 atom stereocenters. The minimum Gasteiger partial charge on any atom is -0.229 e. The first-order valence-corrected chi connectivity index (χ1v) is 11.6. The van der Waals surface area contributed by atoms with Crippen LogP contribution in [0.15, 0.2) is 29.7 Å². The Morgan fingerprint density at radius 3 is 2.04 bits per heavy atom. The first-order valence-electron chi connectivity index (χ1n) is 8.14. The molecule has 0 radical (unpaired) electrons. The average Bonchev–Trinajstić information content (AvgIpc) is 2.77. The van der Waals surface area contributed by atoms with Gasteiger partial charge < -0.3 is 0 Å². The SMILES string of the molecule is Cc1ccc(/C=C/S(=O)(=O)N2[C@H]3CC[C@H]2CC(S(C)(=O)=O)C3)cc1. The summed E-state index contributed by atoms with van der Waals surface area (Å²) < 4.78 is 50.6. The predicted molar refractivity (Wildman–Crippen MR) is 95.6 cm³/mol. The van der Waals surface area contributed by atoms with Gasteiger partial charge in [0.2, 0.25) is 10.0 Å². The molecule has 2 aliphatic rings. The molecule has 2 saturated heterocycles. The molecule has 0 spiro atoms. The Morgan fingerprint density at radius 1 is 1.00 bits per heavy atom. The number of rotatable bonds is 4. The van der Waals surface area contributed by atoms with E-state index >= 15 is 0 Å². The lowest BCUT2D eigenvalue weighted by molar-refractivity contribution is 0.252. The van der Waals surface area contributed by atoms with Gasteiger partial charge in [0.15, 0.2) is 0 Å². The minimum atomic E-state index is -3.54. The highest BCUT2D eigenvalue weighted by atomic mass is 32.2. The van der Waals surface area contributed by atoms with E-state index in [-0.39, 0.29) is 12.1 Å². The van der Waals surface area contributed by atoms with Crippen LogP contribution >= 0.6 is 0 Å². The van der Waals surface area contributed by atoms with Crippen molar-refractivity contribution < 1.29 is 16.8 Å². The van der Waals surface area contributed by atoms with Crippen LogP contribution in [0.25, 0.3) is 6.08 Å². The first kappa shape index (κ1) is 17.6. The standard InChI is InChI=1S/C17H23NO4S2/c1-13-3-5-14(6-4-13)9-10-24(21,22)18-15-7-8-16(18)12-17(11-15)23(2,19)20/h3-6,9-10,15-17H,7-8,11-12H2,1-2H3/b10-9+/t15-,16-/m0/s1. The second kappa shape index (κ2) is 6.28. The van der Waals surface area contributed by atoms with E-state index in [2.05, 4.69) is 0 Å². The third kappa shape index (κ3) is 3.58. The molecule has 2 heterocycles. The highest BCUT2D eigenvalue weighted by Crippen LogP contribution is 2.40. The molecule has 24 heavy (non-hydrogen) atoms. The van der Waals surface area contributed by atoms with Gasteiger partial charge in [0.1, 0.15) is 9.84 Å². The van der Waals surface area contributed by atoms with Gasteiger partial charge in [-0.2, -0.15) is 4.31 Å². The number of nitrogens with zero attached hydrogens (tertiary/aromatic N) is 1. The van der Waals surface area contributed by atoms with E-state index in [9.17, 15) is 16.8 Å². The van der Waals surface area contributed by atoms with Crippen molar-refractivity contribution in [2.75, 3.05) is 6.26 Å². The Labute approximate surface area is 144 Å². The first-order chi connectivity index (χ1) is 11.2. The fourth-order valence-electron chi connectivity index (χ4n) is 3.76. The van der Waals surface area contributed by atoms with Gasteiger partial charge in [0, 0.05) is 23.7 Å². The van der Waals surface area contributed by atoms with Crippen molar-refractivity contribution in [3.05, 3.63) is 40.8 Å². The third-order valence-electron chi connectivity index (χ3n) is 5.03. The van der Waals surface area contributed by atoms with E-state index in [1.807, 2.05) is 31.2 Å². The van der Waals surface area contributed by atoms with Gasteiger partial charge in [-0.15, -0.1) is 0 Å². The van der Waals surface area contributed by atoms with Crippen molar-refractivity contribution in [2.24, 2.45) is 0 Å². The lowest BCUT2D eigenvalue weighted by Gasteiger charge is -2.36. The zero-order valence-electron chi connectivity index (χ0n) is 13.9. The summed E-state index contributed by atoms with van der Waals surface area (Å²) in [5, 5.41) is 0.839. The molecule has 5 nitrogen and oxygen atoms in total. The minimum absolute atomic E-state index is 0.198. The number of hydrogen-bond acceptors (Lipinski definition) is 4. The van der Waals surface area contributed by atoms with Gasteiger partial charge in [-0.25, -0.2) is 16.8 Å². The second-order valence-electron chi connectivity index (χ2n) is 6.90. The van der Waals surface area contributed by atoms with Crippen LogP contribution in [0, 0.1) is 6.92 Å². The van der Waals surface area contributed by atoms with Gasteiger partial charge in [0.05, 0.1) is 5.25 Å². The van der Waals surface area contributed by atoms with Crippen LogP contribution < -0.4 is 0 Å². The summed E-state index contributed by atoms with van der Waals surface area (Å²) in [6, 6.07) is 7.24. The van der Waals surface area contributed by atoms with Crippen molar-refractivity contribution in [3.63, 3.8) is 0 Å². The molecule has 3 rings (SSSR count). The number of aryl methyl sites for hydroxylation is 1. The molecule has 132 valence electrons. The van der Waals surface area contributed by atoms with Crippen LogP contribution in [0.1, 0.15) is 36.8 Å². The molecule has 0 amide bonds. The molecule has 1 aromatic carbocycles. The molecule has 2 fully saturated rings. The van der Waals surface area contributed by atoms with Gasteiger partial charge in [-0.1, -0.05) is 29.8 Å². The Hall–Kier alpha value is -1.18. The normalized spacial score (nSPS) is 28.5. The smallest absolute Gasteiger partial charge is 0.229 e. The Morgan fingerprint density at radius 2 is 1.54 bits per heavy atom. The van der Waals surface area contributed by atoms with Crippen molar-refractivity contribution in [3.8, 4) is 0 Å². The summed E-state index contributed by atoms with van der Waals surface area (Å²) >= 11 is 0. The van der Waals surface area contributed by atoms with Crippen LogP contribution in [0.4, 0.5) is 0 Å². The van der Waals surface area contributed by atoms with Gasteiger partial charge in [0.25, 0.3) is 0 Å². The van der Waals surface area contributed by atoms with Crippen molar-refractivity contribution >= 4 is 25.9 Å². The average molecular weight is 370 g/mol. The molecule has 1 aromatic rings. The van der Waals surface area contributed by atoms with Crippen molar-refractivity contribution in [1.29, 1.82) is 0 Å². The summed E-state index contributed by atoms with van der Waals surface area (Å²) in [6.45, 7) is 1.98. The summed E-state index contributed by atoms with van der Waals surface area (Å²) in [5.74, 6) is 0. The Bertz CT molecular complexity index is 827. The molecule has 0 aromatic heterocycles. The third-order valence-corrected chi connectivity index (χ3v) is 8.29. The van der Waals surface area contributed by atoms with Crippen LogP contribution in [0.5, 0.6) is 0 Å². The fraction of sp³-hybridized carbons (Fsp3) is 0.529. The van der Waals surface area contributed by atoms with Crippen LogP contribution in [0.2, 0.25) is 0 Å². The largest absolute Gasteiger partial charge is 0.236 e. The maximum Gasteiger partial charge on any atom is 0.236 e. The van der Waals surface area contributed by atoms with Crippen LogP contribution in [-0.2, 0) is 19.9 Å². The summed E-state index contributed by atoms with van der Waals surface area (Å²) in [5.41, 5.74) is 1.96. The van der Waals surface area contributed by atoms with Gasteiger partial charge >= 0.3 is 0 Å². The summed E-state index contributed by atoms with van der Waals surface area (Å²) in [6.07, 6.45) is 5.16. The zero-order chi connectivity index (χ0) is 17.5. The monoisotopic (exact) mass is 369 g/mol. The highest BCUT2D eigenvalue weighted by molar-refractivity contribution is 7.92. The molecule has 0 unspecified atom stereocenters. The molecule has 7 heteroatoms. The fourth-order valence-corrected chi connectivity index (χ4v) is 6.59. The molecule has 0 aliphatic carbocycles. The molecule has 2 aliphatic heterocycles. The van der Waals surface area contributed by atoms with E-state index in [4.69, 9.17) is 0 Å². The van der Waals surface area contributed by atoms with Gasteiger partial charge in [-0.3, -0.25) is 0 Å². The Kier molecular flexibility index (Phi) is 4.61. The molecular formula is C17H23NO4S2. The highest BCUT2D eigenvalue weighted by Gasteiger charge is 2.48. The second-order valence-corrected chi connectivity index (χ2v) is 10.9. The van der Waals surface area contributed by atoms with Crippen molar-refractivity contribution in [2.45, 2.75) is 49.9 Å². The topological polar surface area (TPSA) is 71.5 Å². The van der Waals surface area contributed by atoms with E-state index in [1.54, 1.807) is 10.4 Å². The zero-order valence-corrected chi connectivity index (χ0v) is 15.6. The number of sulfone groups is 1. The number of sulfonamides is 1. The number of benzene rings is 1. The number of fused-ring (bicyclic) bond motifs is 2. The summed E-state index contributed by atoms with van der Waals surface area (Å²) in [7, 11) is -6.66. The van der Waals surface area contributed by atoms with Crippen LogP contribution in [-0.4, -0.2) is 44.7 Å². The molecular weight excluding hydrogens is 346 g/mol. The number of hydrogen-bond donors (Lipinski definition) is 0. The van der Waals surface area contributed by atoms with E-state index in [1.165, 1.54) is 11.7 Å². The van der Waals surface area contributed by atoms with E-state index in [0.29, 0.717) is 12.8 Å². The maximum atomic E-state index is 12.7. The lowest BCUT2D eigenvalue weighted by atomic mass is 10.1. The van der Waals surface area contributed by atoms with E-state index < -0.39 is 25.1 Å². The van der Waals surface area contributed by atoms with Crippen molar-refractivity contribution in [1.82, 2.24) is 4.31 Å². The molecule has 2 bridgehead atoms. The molecule has 0 saturated carbocycles. The predicted octanol–water partition coefficient (Wildman–Crippen LogP) is 2.34. The summed E-state index contributed by atoms with van der Waals surface area (Å²) in [4.78, 5) is 0. The molecule has 0 N–H and O–H groups in total. The van der Waals surface area contributed by atoms with Gasteiger partial charge in [-0.05, 0) is 44.2 Å². The van der Waals surface area contributed by atoms with Crippen LogP contribution in [0.3, 0.4) is 0 Å². The van der Waals surface area contributed by atoms with E-state index in [0.717, 1.165) is 24.0 Å². The number of piperidine rings is 1.